The molecule has 0 fully saturated rings. The molecule has 198 valence electrons. The second-order valence-electron chi connectivity index (χ2n) is 8.57. The fourth-order valence-electron chi connectivity index (χ4n) is 3.35. The molecule has 0 amide bonds. The van der Waals surface area contributed by atoms with Gasteiger partial charge < -0.3 is 20.1 Å². The highest BCUT2D eigenvalue weighted by molar-refractivity contribution is 7.47. The Hall–Kier alpha value is -0.500. The Balaban J connectivity index is 4.13. The highest BCUT2D eigenvalue weighted by Gasteiger charge is 2.25. The van der Waals surface area contributed by atoms with Gasteiger partial charge in [-0.3, -0.25) is 13.8 Å². The number of hydrogen-bond donors (Lipinski definition) is 2. The molecule has 0 saturated heterocycles. The fourth-order valence-corrected chi connectivity index (χ4v) is 4.11. The van der Waals surface area contributed by atoms with Crippen LogP contribution in [0.25, 0.3) is 0 Å². The highest BCUT2D eigenvalue weighted by atomic mass is 31.2. The van der Waals surface area contributed by atoms with E-state index >= 15 is 0 Å². The maximum atomic E-state index is 12.1. The number of rotatable bonds is 25. The molecule has 0 aromatic rings. The summed E-state index contributed by atoms with van der Waals surface area (Å²) in [6.07, 6.45) is 15.9. The first-order valence-corrected chi connectivity index (χ1v) is 14.5. The molecule has 0 heterocycles. The van der Waals surface area contributed by atoms with Crippen LogP contribution in [0.5, 0.6) is 0 Å². The maximum Gasteiger partial charge on any atom is 0.472 e. The van der Waals surface area contributed by atoms with Gasteiger partial charge in [0.15, 0.2) is 0 Å². The smallest absolute Gasteiger partial charge is 0.457 e. The van der Waals surface area contributed by atoms with Gasteiger partial charge in [0.1, 0.15) is 6.10 Å². The van der Waals surface area contributed by atoms with E-state index in [1.165, 1.54) is 51.4 Å². The lowest BCUT2D eigenvalue weighted by Crippen LogP contribution is -2.28. The lowest BCUT2D eigenvalue weighted by atomic mass is 10.1. The molecule has 0 saturated carbocycles. The summed E-state index contributed by atoms with van der Waals surface area (Å²) in [6.45, 7) is 4.76. The van der Waals surface area contributed by atoms with Crippen LogP contribution in [0.4, 0.5) is 0 Å². The Labute approximate surface area is 201 Å². The van der Waals surface area contributed by atoms with E-state index in [2.05, 4.69) is 13.8 Å². The first-order chi connectivity index (χ1) is 15.9. The Bertz CT molecular complexity index is 493. The van der Waals surface area contributed by atoms with E-state index < -0.39 is 13.9 Å². The van der Waals surface area contributed by atoms with Crippen LogP contribution in [-0.2, 0) is 27.9 Å². The standard InChI is InChI=1S/C24H50NO7P/c1-3-5-7-9-10-11-12-13-14-16-19-29-21-23(22-31-33(27,28)30-20-18-25)32-24(26)17-15-8-6-4-2/h23H,3-22,25H2,1-2H3,(H,27,28). The molecule has 0 rings (SSSR count). The van der Waals surface area contributed by atoms with Gasteiger partial charge in [-0.15, -0.1) is 0 Å². The van der Waals surface area contributed by atoms with Crippen LogP contribution >= 0.6 is 7.82 Å². The van der Waals surface area contributed by atoms with Gasteiger partial charge in [-0.2, -0.15) is 0 Å². The molecule has 0 aromatic heterocycles. The van der Waals surface area contributed by atoms with Gasteiger partial charge in [-0.05, 0) is 12.8 Å². The first-order valence-electron chi connectivity index (χ1n) is 13.0. The molecule has 0 bridgehead atoms. The fraction of sp³-hybridized carbons (Fsp3) is 0.958. The van der Waals surface area contributed by atoms with Crippen molar-refractivity contribution in [2.45, 2.75) is 116 Å². The highest BCUT2D eigenvalue weighted by Crippen LogP contribution is 2.43. The summed E-state index contributed by atoms with van der Waals surface area (Å²) in [6, 6.07) is 0. The summed E-state index contributed by atoms with van der Waals surface area (Å²) < 4.78 is 32.7. The van der Waals surface area contributed by atoms with Crippen LogP contribution in [0.2, 0.25) is 0 Å². The van der Waals surface area contributed by atoms with E-state index in [1.807, 2.05) is 0 Å². The molecule has 0 spiro atoms. The van der Waals surface area contributed by atoms with Crippen LogP contribution in [0.1, 0.15) is 110 Å². The van der Waals surface area contributed by atoms with Gasteiger partial charge >= 0.3 is 13.8 Å². The van der Waals surface area contributed by atoms with Gasteiger partial charge in [0, 0.05) is 19.6 Å². The number of carbonyl (C=O) groups excluding carboxylic acids is 1. The van der Waals surface area contributed by atoms with Crippen molar-refractivity contribution >= 4 is 13.8 Å². The minimum Gasteiger partial charge on any atom is -0.457 e. The zero-order valence-corrected chi connectivity index (χ0v) is 22.0. The summed E-state index contributed by atoms with van der Waals surface area (Å²) in [5.74, 6) is -0.349. The third-order valence-electron chi connectivity index (χ3n) is 5.27. The monoisotopic (exact) mass is 495 g/mol. The third-order valence-corrected chi connectivity index (χ3v) is 6.26. The molecular weight excluding hydrogens is 445 g/mol. The van der Waals surface area contributed by atoms with E-state index in [0.29, 0.717) is 13.0 Å². The van der Waals surface area contributed by atoms with Gasteiger partial charge in [0.25, 0.3) is 0 Å². The van der Waals surface area contributed by atoms with Crippen molar-refractivity contribution in [1.29, 1.82) is 0 Å². The number of phosphoric ester groups is 1. The van der Waals surface area contributed by atoms with E-state index in [9.17, 15) is 14.3 Å². The molecule has 2 unspecified atom stereocenters. The quantitative estimate of drug-likeness (QED) is 0.0913. The minimum atomic E-state index is -4.23. The van der Waals surface area contributed by atoms with Gasteiger partial charge in [-0.1, -0.05) is 90.9 Å². The molecule has 0 radical (unpaired) electrons. The van der Waals surface area contributed by atoms with Crippen molar-refractivity contribution in [3.8, 4) is 0 Å². The normalized spacial score (nSPS) is 14.2. The van der Waals surface area contributed by atoms with Crippen molar-refractivity contribution in [3.63, 3.8) is 0 Å². The number of nitrogens with two attached hydrogens (primary N) is 1. The second kappa shape index (κ2) is 23.3. The van der Waals surface area contributed by atoms with Gasteiger partial charge in [0.05, 0.1) is 19.8 Å². The average Bonchev–Trinajstić information content (AvgIpc) is 2.79. The second-order valence-corrected chi connectivity index (χ2v) is 10.0. The Morgan fingerprint density at radius 3 is 1.91 bits per heavy atom. The summed E-state index contributed by atoms with van der Waals surface area (Å²) in [5, 5.41) is 0. The van der Waals surface area contributed by atoms with Crippen molar-refractivity contribution in [2.75, 3.05) is 33.0 Å². The van der Waals surface area contributed by atoms with Gasteiger partial charge in [-0.25, -0.2) is 4.57 Å². The average molecular weight is 496 g/mol. The Morgan fingerprint density at radius 1 is 0.788 bits per heavy atom. The Kier molecular flexibility index (Phi) is 22.9. The molecule has 0 aliphatic carbocycles. The van der Waals surface area contributed by atoms with E-state index in [1.54, 1.807) is 0 Å². The molecule has 0 aliphatic rings. The Morgan fingerprint density at radius 2 is 1.33 bits per heavy atom. The lowest BCUT2D eigenvalue weighted by Gasteiger charge is -2.20. The maximum absolute atomic E-state index is 12.1. The van der Waals surface area contributed by atoms with E-state index in [-0.39, 0.29) is 32.3 Å². The topological polar surface area (TPSA) is 117 Å². The number of unbranched alkanes of at least 4 members (excludes halogenated alkanes) is 12. The number of phosphoric acid groups is 1. The number of carbonyl (C=O) groups is 1. The van der Waals surface area contributed by atoms with Crippen LogP contribution < -0.4 is 5.73 Å². The van der Waals surface area contributed by atoms with Crippen molar-refractivity contribution < 1.29 is 32.8 Å². The van der Waals surface area contributed by atoms with Crippen LogP contribution in [0.15, 0.2) is 0 Å². The number of hydrogen-bond acceptors (Lipinski definition) is 7. The summed E-state index contributed by atoms with van der Waals surface area (Å²) in [5.41, 5.74) is 5.28. The zero-order valence-electron chi connectivity index (χ0n) is 21.1. The molecule has 2 atom stereocenters. The zero-order chi connectivity index (χ0) is 24.6. The van der Waals surface area contributed by atoms with Crippen LogP contribution in [-0.4, -0.2) is 49.9 Å². The summed E-state index contributed by atoms with van der Waals surface area (Å²) >= 11 is 0. The molecule has 8 nitrogen and oxygen atoms in total. The number of ether oxygens (including phenoxy) is 2. The minimum absolute atomic E-state index is 0.0924. The van der Waals surface area contributed by atoms with Crippen molar-refractivity contribution in [2.24, 2.45) is 5.73 Å². The van der Waals surface area contributed by atoms with Crippen molar-refractivity contribution in [3.05, 3.63) is 0 Å². The molecular formula is C24H50NO7P. The van der Waals surface area contributed by atoms with E-state index in [4.69, 9.17) is 24.3 Å². The van der Waals surface area contributed by atoms with E-state index in [0.717, 1.165) is 38.5 Å². The van der Waals surface area contributed by atoms with Crippen LogP contribution in [0.3, 0.4) is 0 Å². The van der Waals surface area contributed by atoms with Crippen LogP contribution in [0, 0.1) is 0 Å². The predicted octanol–water partition coefficient (Wildman–Crippen LogP) is 5.90. The molecule has 3 N–H and O–H groups in total. The predicted molar refractivity (Wildman–Crippen MR) is 132 cm³/mol. The summed E-state index contributed by atoms with van der Waals surface area (Å²) in [4.78, 5) is 21.8. The largest absolute Gasteiger partial charge is 0.472 e. The first kappa shape index (κ1) is 32.5. The molecule has 33 heavy (non-hydrogen) atoms. The summed E-state index contributed by atoms with van der Waals surface area (Å²) in [7, 11) is -4.23. The lowest BCUT2D eigenvalue weighted by molar-refractivity contribution is -0.154. The SMILES string of the molecule is CCCCCCCCCCCCOCC(COP(=O)(O)OCCN)OC(=O)CCCCCC. The van der Waals surface area contributed by atoms with Gasteiger partial charge in [0.2, 0.25) is 0 Å². The molecule has 0 aliphatic heterocycles. The molecule has 9 heteroatoms. The molecule has 0 aromatic carbocycles. The van der Waals surface area contributed by atoms with Crippen molar-refractivity contribution in [1.82, 2.24) is 0 Å². The number of esters is 1. The third kappa shape index (κ3) is 23.0.